The summed E-state index contributed by atoms with van der Waals surface area (Å²) in [6.07, 6.45) is 2.68. The number of amides is 2. The molecule has 0 aromatic heterocycles. The Morgan fingerprint density at radius 2 is 2.06 bits per heavy atom. The Morgan fingerprint density at radius 1 is 1.35 bits per heavy atom. The molecule has 1 N–H and O–H groups in total. The summed E-state index contributed by atoms with van der Waals surface area (Å²) in [5.74, 6) is -2.45. The molecule has 3 aliphatic heterocycles. The molecule has 1 spiro atoms. The number of nitrogens with zero attached hydrogens (tertiary/aromatic N) is 2. The molecular formula is C26H34N2O6. The lowest BCUT2D eigenvalue weighted by atomic mass is 9.70. The number of hydrogen-bond acceptors (Lipinski definition) is 6. The second-order valence-electron chi connectivity index (χ2n) is 9.39. The van der Waals surface area contributed by atoms with Gasteiger partial charge in [0.25, 0.3) is 5.91 Å². The first-order chi connectivity index (χ1) is 16.3. The molecule has 3 saturated heterocycles. The van der Waals surface area contributed by atoms with Crippen LogP contribution in [0.5, 0.6) is 0 Å². The highest BCUT2D eigenvalue weighted by Gasteiger charge is 2.75. The van der Waals surface area contributed by atoms with Crippen molar-refractivity contribution >= 4 is 23.5 Å². The van der Waals surface area contributed by atoms with E-state index >= 15 is 0 Å². The zero-order valence-corrected chi connectivity index (χ0v) is 20.2. The average Bonchev–Trinajstić information content (AvgIpc) is 3.44. The third-order valence-electron chi connectivity index (χ3n) is 7.44. The molecule has 0 aliphatic carbocycles. The zero-order chi connectivity index (χ0) is 24.6. The van der Waals surface area contributed by atoms with Crippen molar-refractivity contribution in [3.63, 3.8) is 0 Å². The van der Waals surface area contributed by atoms with E-state index in [-0.39, 0.29) is 38.1 Å². The van der Waals surface area contributed by atoms with Gasteiger partial charge in [0.15, 0.2) is 0 Å². The highest BCUT2D eigenvalue weighted by atomic mass is 16.6. The third kappa shape index (κ3) is 3.64. The van der Waals surface area contributed by atoms with Crippen molar-refractivity contribution in [2.45, 2.75) is 57.8 Å². The van der Waals surface area contributed by atoms with Gasteiger partial charge in [-0.05, 0) is 51.2 Å². The van der Waals surface area contributed by atoms with Crippen molar-refractivity contribution in [3.05, 3.63) is 42.0 Å². The van der Waals surface area contributed by atoms with Crippen LogP contribution < -0.4 is 4.90 Å². The molecule has 0 unspecified atom stereocenters. The summed E-state index contributed by atoms with van der Waals surface area (Å²) in [5, 5.41) is 9.47. The molecular weight excluding hydrogens is 436 g/mol. The summed E-state index contributed by atoms with van der Waals surface area (Å²) in [7, 11) is 0. The van der Waals surface area contributed by atoms with Crippen molar-refractivity contribution < 1.29 is 29.0 Å². The van der Waals surface area contributed by atoms with E-state index in [2.05, 4.69) is 6.58 Å². The number of carbonyl (C=O) groups is 3. The molecule has 4 rings (SSSR count). The van der Waals surface area contributed by atoms with Crippen molar-refractivity contribution in [3.8, 4) is 0 Å². The number of ether oxygens (including phenoxy) is 2. The largest absolute Gasteiger partial charge is 0.466 e. The molecule has 0 radical (unpaired) electrons. The molecule has 1 aromatic rings. The molecule has 1 aromatic carbocycles. The second kappa shape index (κ2) is 9.50. The van der Waals surface area contributed by atoms with Crippen LogP contribution in [0.4, 0.5) is 5.69 Å². The molecule has 8 heteroatoms. The fourth-order valence-electron chi connectivity index (χ4n) is 6.22. The van der Waals surface area contributed by atoms with Crippen molar-refractivity contribution in [2.24, 2.45) is 11.8 Å². The number of benzene rings is 1. The van der Waals surface area contributed by atoms with E-state index in [4.69, 9.17) is 9.47 Å². The standard InChI is InChI=1S/C26H34N2O6/c1-5-13-27(21-16(3)9-7-10-17(21)4)24(31)22-26-12-11-18(34-26)19(25(32)33-6-2)20(26)23(30)28(22)14-8-15-29/h5,7,9-10,18-20,22,29H,1,6,8,11-15H2,2-4H3/t18-,19+,20+,22-,26+/m1/s1. The van der Waals surface area contributed by atoms with Crippen LogP contribution in [-0.4, -0.2) is 71.8 Å². The van der Waals surface area contributed by atoms with Gasteiger partial charge in [-0.15, -0.1) is 6.58 Å². The van der Waals surface area contributed by atoms with E-state index in [1.165, 1.54) is 4.90 Å². The SMILES string of the molecule is C=CCN(C(=O)[C@H]1N(CCCO)C(=O)[C@@H]2[C@@H](C(=O)OCC)[C@H]3CC[C@]21O3)c1c(C)cccc1C. The van der Waals surface area contributed by atoms with Crippen molar-refractivity contribution in [1.29, 1.82) is 0 Å². The van der Waals surface area contributed by atoms with Gasteiger partial charge in [0.2, 0.25) is 5.91 Å². The summed E-state index contributed by atoms with van der Waals surface area (Å²) in [6.45, 7) is 10.1. The Balaban J connectivity index is 1.79. The maximum absolute atomic E-state index is 14.3. The predicted octanol–water partition coefficient (Wildman–Crippen LogP) is 2.14. The highest BCUT2D eigenvalue weighted by molar-refractivity contribution is 6.05. The van der Waals surface area contributed by atoms with Crippen LogP contribution in [-0.2, 0) is 23.9 Å². The van der Waals surface area contributed by atoms with Gasteiger partial charge in [0.1, 0.15) is 11.6 Å². The highest BCUT2D eigenvalue weighted by Crippen LogP contribution is 2.59. The average molecular weight is 471 g/mol. The van der Waals surface area contributed by atoms with Crippen LogP contribution in [0, 0.1) is 25.7 Å². The quantitative estimate of drug-likeness (QED) is 0.439. The van der Waals surface area contributed by atoms with Gasteiger partial charge in [-0.2, -0.15) is 0 Å². The Kier molecular flexibility index (Phi) is 6.82. The molecule has 2 bridgehead atoms. The number of likely N-dealkylation sites (tertiary alicyclic amines) is 1. The Morgan fingerprint density at radius 3 is 2.68 bits per heavy atom. The maximum atomic E-state index is 14.3. The molecule has 3 aliphatic rings. The Hall–Kier alpha value is -2.71. The molecule has 0 saturated carbocycles. The molecule has 3 fully saturated rings. The van der Waals surface area contributed by atoms with Crippen LogP contribution in [0.15, 0.2) is 30.9 Å². The van der Waals surface area contributed by atoms with Gasteiger partial charge in [0, 0.05) is 25.4 Å². The fraction of sp³-hybridized carbons (Fsp3) is 0.577. The number of fused-ring (bicyclic) bond motifs is 1. The summed E-state index contributed by atoms with van der Waals surface area (Å²) >= 11 is 0. The minimum atomic E-state index is -1.08. The smallest absolute Gasteiger partial charge is 0.312 e. The number of esters is 1. The van der Waals surface area contributed by atoms with Gasteiger partial charge in [-0.25, -0.2) is 0 Å². The fourth-order valence-corrected chi connectivity index (χ4v) is 6.22. The van der Waals surface area contributed by atoms with E-state index < -0.39 is 35.6 Å². The first kappa shape index (κ1) is 24.4. The monoisotopic (exact) mass is 470 g/mol. The van der Waals surface area contributed by atoms with Crippen molar-refractivity contribution in [1.82, 2.24) is 4.90 Å². The Bertz CT molecular complexity index is 973. The number of para-hydroxylation sites is 1. The van der Waals surface area contributed by atoms with Crippen LogP contribution in [0.1, 0.15) is 37.3 Å². The van der Waals surface area contributed by atoms with Gasteiger partial charge < -0.3 is 24.4 Å². The number of anilines is 1. The molecule has 184 valence electrons. The number of aliphatic hydroxyl groups is 1. The summed E-state index contributed by atoms with van der Waals surface area (Å²) in [4.78, 5) is 44.1. The number of aliphatic hydroxyl groups excluding tert-OH is 1. The van der Waals surface area contributed by atoms with Crippen molar-refractivity contribution in [2.75, 3.05) is 31.2 Å². The number of carbonyl (C=O) groups excluding carboxylic acids is 3. The van der Waals surface area contributed by atoms with Gasteiger partial charge in [-0.3, -0.25) is 14.4 Å². The Labute approximate surface area is 200 Å². The van der Waals surface area contributed by atoms with Gasteiger partial charge in [0.05, 0.1) is 24.5 Å². The lowest BCUT2D eigenvalue weighted by Gasteiger charge is -2.37. The van der Waals surface area contributed by atoms with Crippen LogP contribution in [0.25, 0.3) is 0 Å². The first-order valence-electron chi connectivity index (χ1n) is 12.1. The van der Waals surface area contributed by atoms with Crippen LogP contribution in [0.3, 0.4) is 0 Å². The zero-order valence-electron chi connectivity index (χ0n) is 20.2. The molecule has 3 heterocycles. The maximum Gasteiger partial charge on any atom is 0.312 e. The lowest BCUT2D eigenvalue weighted by Crippen LogP contribution is -2.56. The van der Waals surface area contributed by atoms with E-state index in [1.54, 1.807) is 17.9 Å². The van der Waals surface area contributed by atoms with E-state index in [9.17, 15) is 19.5 Å². The molecule has 2 amide bonds. The predicted molar refractivity (Wildman–Crippen MR) is 126 cm³/mol. The summed E-state index contributed by atoms with van der Waals surface area (Å²) in [6, 6.07) is 4.95. The molecule has 34 heavy (non-hydrogen) atoms. The minimum Gasteiger partial charge on any atom is -0.466 e. The summed E-state index contributed by atoms with van der Waals surface area (Å²) < 4.78 is 11.7. The topological polar surface area (TPSA) is 96.4 Å². The van der Waals surface area contributed by atoms with E-state index in [0.717, 1.165) is 16.8 Å². The number of rotatable bonds is 9. The number of aryl methyl sites for hydroxylation is 2. The normalized spacial score (nSPS) is 29.3. The lowest BCUT2D eigenvalue weighted by molar-refractivity contribution is -0.154. The molecule has 5 atom stereocenters. The third-order valence-corrected chi connectivity index (χ3v) is 7.44. The molecule has 8 nitrogen and oxygen atoms in total. The van der Waals surface area contributed by atoms with Crippen LogP contribution >= 0.6 is 0 Å². The van der Waals surface area contributed by atoms with Gasteiger partial charge in [-0.1, -0.05) is 24.3 Å². The van der Waals surface area contributed by atoms with Crippen LogP contribution in [0.2, 0.25) is 0 Å². The van der Waals surface area contributed by atoms with E-state index in [0.29, 0.717) is 19.3 Å². The first-order valence-corrected chi connectivity index (χ1v) is 12.1. The minimum absolute atomic E-state index is 0.111. The van der Waals surface area contributed by atoms with Gasteiger partial charge >= 0.3 is 5.97 Å². The summed E-state index contributed by atoms with van der Waals surface area (Å²) in [5.41, 5.74) is 1.59. The number of hydrogen-bond donors (Lipinski definition) is 1. The van der Waals surface area contributed by atoms with E-state index in [1.807, 2.05) is 32.0 Å². The second-order valence-corrected chi connectivity index (χ2v) is 9.39.